The van der Waals surface area contributed by atoms with Gasteiger partial charge in [-0.1, -0.05) is 62.8 Å². The number of nitrogens with one attached hydrogen (secondary N) is 1. The van der Waals surface area contributed by atoms with Gasteiger partial charge in [-0.05, 0) is 43.9 Å². The molecular formula is C18H29N. The monoisotopic (exact) mass is 259 g/mol. The fourth-order valence-electron chi connectivity index (χ4n) is 3.46. The first-order valence-electron chi connectivity index (χ1n) is 8.01. The largest absolute Gasteiger partial charge is 0.310 e. The van der Waals surface area contributed by atoms with Crippen LogP contribution in [0.4, 0.5) is 0 Å². The summed E-state index contributed by atoms with van der Waals surface area (Å²) in [6, 6.07) is 7.43. The molecule has 1 aliphatic rings. The fraction of sp³-hybridized carbons (Fsp3) is 0.667. The molecule has 0 radical (unpaired) electrons. The summed E-state index contributed by atoms with van der Waals surface area (Å²) in [5.41, 5.74) is 4.34. The lowest BCUT2D eigenvalue weighted by atomic mass is 9.82. The highest BCUT2D eigenvalue weighted by Crippen LogP contribution is 2.33. The third-order valence-corrected chi connectivity index (χ3v) is 4.55. The zero-order chi connectivity index (χ0) is 13.7. The van der Waals surface area contributed by atoms with Gasteiger partial charge < -0.3 is 5.32 Å². The van der Waals surface area contributed by atoms with Gasteiger partial charge >= 0.3 is 0 Å². The lowest BCUT2D eigenvalue weighted by Gasteiger charge is -2.28. The molecule has 1 nitrogen and oxygen atoms in total. The van der Waals surface area contributed by atoms with Gasteiger partial charge in [-0.15, -0.1) is 0 Å². The summed E-state index contributed by atoms with van der Waals surface area (Å²) in [5.74, 6) is 0.928. The molecule has 1 heteroatoms. The Kier molecular flexibility index (Phi) is 5.45. The Hall–Kier alpha value is -0.820. The van der Waals surface area contributed by atoms with Crippen molar-refractivity contribution in [1.29, 1.82) is 0 Å². The van der Waals surface area contributed by atoms with Crippen LogP contribution in [-0.2, 0) is 0 Å². The molecular weight excluding hydrogens is 230 g/mol. The minimum atomic E-state index is 0.549. The summed E-state index contributed by atoms with van der Waals surface area (Å²) in [4.78, 5) is 0. The fourth-order valence-corrected chi connectivity index (χ4v) is 3.46. The first kappa shape index (κ1) is 14.6. The highest BCUT2D eigenvalue weighted by atomic mass is 14.9. The second-order valence-corrected chi connectivity index (χ2v) is 6.21. The van der Waals surface area contributed by atoms with E-state index in [2.05, 4.69) is 44.3 Å². The van der Waals surface area contributed by atoms with E-state index in [1.165, 1.54) is 55.2 Å². The highest BCUT2D eigenvalue weighted by molar-refractivity contribution is 5.33. The molecule has 1 aliphatic carbocycles. The van der Waals surface area contributed by atoms with Crippen molar-refractivity contribution in [1.82, 2.24) is 5.32 Å². The molecule has 0 amide bonds. The molecule has 1 fully saturated rings. The van der Waals surface area contributed by atoms with Crippen molar-refractivity contribution in [3.05, 3.63) is 34.9 Å². The molecule has 1 N–H and O–H groups in total. The first-order chi connectivity index (χ1) is 9.20. The third-order valence-electron chi connectivity index (χ3n) is 4.55. The minimum absolute atomic E-state index is 0.549. The van der Waals surface area contributed by atoms with E-state index in [9.17, 15) is 0 Å². The van der Waals surface area contributed by atoms with Crippen LogP contribution in [0.25, 0.3) is 0 Å². The van der Waals surface area contributed by atoms with Crippen LogP contribution in [0, 0.1) is 19.8 Å². The van der Waals surface area contributed by atoms with Crippen LogP contribution in [0.1, 0.15) is 68.2 Å². The predicted octanol–water partition coefficient (Wildman–Crippen LogP) is 4.92. The van der Waals surface area contributed by atoms with E-state index in [4.69, 9.17) is 0 Å². The van der Waals surface area contributed by atoms with E-state index in [-0.39, 0.29) is 0 Å². The Bertz CT molecular complexity index is 391. The van der Waals surface area contributed by atoms with Crippen LogP contribution < -0.4 is 5.32 Å². The Balaban J connectivity index is 2.11. The maximum absolute atomic E-state index is 3.71. The van der Waals surface area contributed by atoms with Crippen LogP contribution in [0.3, 0.4) is 0 Å². The van der Waals surface area contributed by atoms with Gasteiger partial charge in [-0.3, -0.25) is 0 Å². The molecule has 1 atom stereocenters. The van der Waals surface area contributed by atoms with Gasteiger partial charge in [0.2, 0.25) is 0 Å². The Labute approximate surface area is 118 Å². The van der Waals surface area contributed by atoms with Crippen molar-refractivity contribution >= 4 is 0 Å². The summed E-state index contributed by atoms with van der Waals surface area (Å²) in [6.45, 7) is 7.73. The smallest absolute Gasteiger partial charge is 0.0325 e. The molecule has 0 aliphatic heterocycles. The minimum Gasteiger partial charge on any atom is -0.310 e. The summed E-state index contributed by atoms with van der Waals surface area (Å²) in [6.07, 6.45) is 8.52. The maximum atomic E-state index is 3.71. The van der Waals surface area contributed by atoms with Crippen molar-refractivity contribution in [2.75, 3.05) is 6.54 Å². The molecule has 1 unspecified atom stereocenters. The van der Waals surface area contributed by atoms with Gasteiger partial charge in [0, 0.05) is 6.04 Å². The van der Waals surface area contributed by atoms with Crippen molar-refractivity contribution in [2.24, 2.45) is 5.92 Å². The summed E-state index contributed by atoms with van der Waals surface area (Å²) < 4.78 is 0. The van der Waals surface area contributed by atoms with Gasteiger partial charge in [-0.2, -0.15) is 0 Å². The van der Waals surface area contributed by atoms with Crippen LogP contribution in [-0.4, -0.2) is 6.54 Å². The normalized spacial score (nSPS) is 18.5. The zero-order valence-corrected chi connectivity index (χ0v) is 12.8. The molecule has 1 aromatic rings. The number of aryl methyl sites for hydroxylation is 2. The van der Waals surface area contributed by atoms with Gasteiger partial charge in [0.15, 0.2) is 0 Å². The van der Waals surface area contributed by atoms with Crippen molar-refractivity contribution in [3.8, 4) is 0 Å². The highest BCUT2D eigenvalue weighted by Gasteiger charge is 2.20. The van der Waals surface area contributed by atoms with Gasteiger partial charge in [-0.25, -0.2) is 0 Å². The number of hydrogen-bond donors (Lipinski definition) is 1. The third kappa shape index (κ3) is 4.07. The zero-order valence-electron chi connectivity index (χ0n) is 12.8. The van der Waals surface area contributed by atoms with E-state index in [1.807, 2.05) is 0 Å². The van der Waals surface area contributed by atoms with Gasteiger partial charge in [0.25, 0.3) is 0 Å². The molecule has 0 bridgehead atoms. The topological polar surface area (TPSA) is 12.0 Å². The summed E-state index contributed by atoms with van der Waals surface area (Å²) in [5, 5.41) is 3.71. The Morgan fingerprint density at radius 1 is 1.16 bits per heavy atom. The standard InChI is InChI=1S/C18H29N/c1-4-19-18(13-16-8-6-5-7-9-16)17-12-14(2)10-11-15(17)3/h10-12,16,18-19H,4-9,13H2,1-3H3. The molecule has 0 saturated heterocycles. The molecule has 2 rings (SSSR count). The molecule has 1 saturated carbocycles. The van der Waals surface area contributed by atoms with Crippen molar-refractivity contribution in [3.63, 3.8) is 0 Å². The number of hydrogen-bond acceptors (Lipinski definition) is 1. The maximum Gasteiger partial charge on any atom is 0.0325 e. The lowest BCUT2D eigenvalue weighted by Crippen LogP contribution is -2.25. The lowest BCUT2D eigenvalue weighted by molar-refractivity contribution is 0.301. The van der Waals surface area contributed by atoms with Gasteiger partial charge in [0.05, 0.1) is 0 Å². The second kappa shape index (κ2) is 7.09. The second-order valence-electron chi connectivity index (χ2n) is 6.21. The Morgan fingerprint density at radius 3 is 2.58 bits per heavy atom. The molecule has 0 spiro atoms. The van der Waals surface area contributed by atoms with Gasteiger partial charge in [0.1, 0.15) is 0 Å². The molecule has 0 heterocycles. The van der Waals surface area contributed by atoms with E-state index >= 15 is 0 Å². The first-order valence-corrected chi connectivity index (χ1v) is 8.01. The molecule has 19 heavy (non-hydrogen) atoms. The Morgan fingerprint density at radius 2 is 1.89 bits per heavy atom. The van der Waals surface area contributed by atoms with Crippen LogP contribution in [0.5, 0.6) is 0 Å². The summed E-state index contributed by atoms with van der Waals surface area (Å²) >= 11 is 0. The SMILES string of the molecule is CCNC(CC1CCCCC1)c1cc(C)ccc1C. The predicted molar refractivity (Wildman–Crippen MR) is 83.5 cm³/mol. The number of benzene rings is 1. The summed E-state index contributed by atoms with van der Waals surface area (Å²) in [7, 11) is 0. The van der Waals surface area contributed by atoms with E-state index in [0.717, 1.165) is 12.5 Å². The van der Waals surface area contributed by atoms with E-state index in [1.54, 1.807) is 0 Å². The molecule has 106 valence electrons. The average Bonchev–Trinajstić information content (AvgIpc) is 2.42. The molecule has 1 aromatic carbocycles. The van der Waals surface area contributed by atoms with Crippen molar-refractivity contribution < 1.29 is 0 Å². The number of rotatable bonds is 5. The van der Waals surface area contributed by atoms with Crippen molar-refractivity contribution in [2.45, 2.75) is 65.3 Å². The van der Waals surface area contributed by atoms with Crippen LogP contribution in [0.2, 0.25) is 0 Å². The van der Waals surface area contributed by atoms with E-state index in [0.29, 0.717) is 6.04 Å². The average molecular weight is 259 g/mol. The van der Waals surface area contributed by atoms with E-state index < -0.39 is 0 Å². The molecule has 0 aromatic heterocycles. The van der Waals surface area contributed by atoms with Crippen LogP contribution in [0.15, 0.2) is 18.2 Å². The quantitative estimate of drug-likeness (QED) is 0.791. The van der Waals surface area contributed by atoms with Crippen LogP contribution >= 0.6 is 0 Å².